The van der Waals surface area contributed by atoms with Gasteiger partial charge < -0.3 is 14.8 Å². The quantitative estimate of drug-likeness (QED) is 0.408. The van der Waals surface area contributed by atoms with Gasteiger partial charge in [0.2, 0.25) is 5.91 Å². The maximum absolute atomic E-state index is 12.6. The molecule has 0 saturated heterocycles. The minimum Gasteiger partial charge on any atom is -0.485 e. The van der Waals surface area contributed by atoms with Crippen LogP contribution in [0.15, 0.2) is 66.3 Å². The smallest absolute Gasteiger partial charge is 0.237 e. The Labute approximate surface area is 189 Å². The predicted octanol–water partition coefficient (Wildman–Crippen LogP) is 4.75. The summed E-state index contributed by atoms with van der Waals surface area (Å²) in [7, 11) is 0. The number of hydrogen-bond donors (Lipinski definition) is 1. The van der Waals surface area contributed by atoms with Gasteiger partial charge in [-0.2, -0.15) is 0 Å². The van der Waals surface area contributed by atoms with Crippen molar-refractivity contribution in [2.45, 2.75) is 30.0 Å². The van der Waals surface area contributed by atoms with E-state index in [1.807, 2.05) is 35.8 Å². The van der Waals surface area contributed by atoms with Gasteiger partial charge >= 0.3 is 0 Å². The fourth-order valence-corrected chi connectivity index (χ4v) is 4.15. The lowest BCUT2D eigenvalue weighted by Gasteiger charge is -2.26. The number of aromatic nitrogens is 3. The van der Waals surface area contributed by atoms with Crippen LogP contribution in [0.4, 0.5) is 5.69 Å². The number of rotatable bonds is 7. The zero-order chi connectivity index (χ0) is 21.8. The highest BCUT2D eigenvalue weighted by molar-refractivity contribution is 8.00. The van der Waals surface area contributed by atoms with Crippen LogP contribution in [-0.2, 0) is 11.3 Å². The van der Waals surface area contributed by atoms with E-state index in [9.17, 15) is 4.79 Å². The predicted molar refractivity (Wildman–Crippen MR) is 121 cm³/mol. The van der Waals surface area contributed by atoms with E-state index in [4.69, 9.17) is 21.1 Å². The maximum Gasteiger partial charge on any atom is 0.237 e. The van der Waals surface area contributed by atoms with Crippen LogP contribution in [0.1, 0.15) is 18.9 Å². The zero-order valence-corrected chi connectivity index (χ0v) is 18.4. The third-order valence-corrected chi connectivity index (χ3v) is 5.91. The zero-order valence-electron chi connectivity index (χ0n) is 16.8. The molecule has 160 valence electrons. The molecule has 0 fully saturated rings. The molecule has 0 aliphatic carbocycles. The Hall–Kier alpha value is -2.97. The van der Waals surface area contributed by atoms with Crippen molar-refractivity contribution in [1.29, 1.82) is 0 Å². The van der Waals surface area contributed by atoms with Crippen molar-refractivity contribution >= 4 is 35.0 Å². The second-order valence-corrected chi connectivity index (χ2v) is 8.61. The largest absolute Gasteiger partial charge is 0.485 e. The summed E-state index contributed by atoms with van der Waals surface area (Å²) in [5, 5.41) is 12.2. The Morgan fingerprint density at radius 1 is 1.32 bits per heavy atom. The van der Waals surface area contributed by atoms with Crippen molar-refractivity contribution in [2.24, 2.45) is 0 Å². The molecule has 0 bridgehead atoms. The van der Waals surface area contributed by atoms with Gasteiger partial charge in [0.1, 0.15) is 6.61 Å². The second-order valence-electron chi connectivity index (χ2n) is 6.86. The topological polar surface area (TPSA) is 78.3 Å². The summed E-state index contributed by atoms with van der Waals surface area (Å²) < 4.78 is 13.8. The molecule has 0 unspecified atom stereocenters. The number of allylic oxidation sites excluding steroid dienone is 1. The van der Waals surface area contributed by atoms with Gasteiger partial charge in [0, 0.05) is 17.3 Å². The molecule has 2 heterocycles. The van der Waals surface area contributed by atoms with E-state index >= 15 is 0 Å². The van der Waals surface area contributed by atoms with E-state index in [-0.39, 0.29) is 5.91 Å². The van der Waals surface area contributed by atoms with Crippen LogP contribution in [0.2, 0.25) is 5.02 Å². The fourth-order valence-electron chi connectivity index (χ4n) is 3.09. The summed E-state index contributed by atoms with van der Waals surface area (Å²) in [6.07, 6.45) is 1.35. The first-order valence-corrected chi connectivity index (χ1v) is 11.0. The van der Waals surface area contributed by atoms with Crippen LogP contribution in [0.25, 0.3) is 0 Å². The maximum atomic E-state index is 12.6. The number of carbonyl (C=O) groups is 1. The first-order valence-electron chi connectivity index (χ1n) is 9.70. The number of para-hydroxylation sites is 2. The summed E-state index contributed by atoms with van der Waals surface area (Å²) in [5.74, 6) is 1.83. The Morgan fingerprint density at radius 2 is 2.13 bits per heavy atom. The molecule has 1 amide bonds. The first kappa shape index (κ1) is 21.3. The van der Waals surface area contributed by atoms with Crippen LogP contribution in [0, 0.1) is 0 Å². The van der Waals surface area contributed by atoms with E-state index in [2.05, 4.69) is 22.1 Å². The lowest BCUT2D eigenvalue weighted by molar-refractivity contribution is -0.115. The average molecular weight is 457 g/mol. The van der Waals surface area contributed by atoms with Gasteiger partial charge in [0.05, 0.1) is 5.25 Å². The van der Waals surface area contributed by atoms with Gasteiger partial charge in [-0.3, -0.25) is 9.36 Å². The number of nitrogens with zero attached hydrogens (tertiary/aromatic N) is 3. The van der Waals surface area contributed by atoms with Crippen LogP contribution in [0.5, 0.6) is 11.5 Å². The minimum atomic E-state index is -0.413. The molecule has 0 radical (unpaired) electrons. The number of thioether (sulfide) groups is 1. The molecular formula is C22H21ClN4O3S. The highest BCUT2D eigenvalue weighted by atomic mass is 35.5. The molecular weight excluding hydrogens is 436 g/mol. The number of amides is 1. The lowest BCUT2D eigenvalue weighted by atomic mass is 10.2. The van der Waals surface area contributed by atoms with Crippen LogP contribution >= 0.6 is 23.4 Å². The number of anilines is 1. The van der Waals surface area contributed by atoms with Crippen molar-refractivity contribution in [3.05, 3.63) is 72.0 Å². The van der Waals surface area contributed by atoms with Crippen LogP contribution < -0.4 is 14.8 Å². The summed E-state index contributed by atoms with van der Waals surface area (Å²) in [6.45, 7) is 6.44. The Kier molecular flexibility index (Phi) is 6.48. The van der Waals surface area contributed by atoms with E-state index in [1.54, 1.807) is 30.3 Å². The number of hydrogen-bond acceptors (Lipinski definition) is 6. The number of carbonyl (C=O) groups excluding carboxylic acids is 1. The third-order valence-electron chi connectivity index (χ3n) is 4.60. The molecule has 0 spiro atoms. The van der Waals surface area contributed by atoms with Crippen LogP contribution in [-0.4, -0.2) is 32.5 Å². The van der Waals surface area contributed by atoms with Gasteiger partial charge in [-0.1, -0.05) is 47.6 Å². The standard InChI is InChI=1S/C22H21ClN4O3S/c1-3-11-27-20(19-13-29-17-9-4-5-10-18(17)30-19)25-26-22(27)31-14(2)21(28)24-16-8-6-7-15(23)12-16/h3-10,12,14,19H,1,11,13H2,2H3,(H,24,28)/t14-,19+/m1/s1. The second kappa shape index (κ2) is 9.45. The molecule has 3 aromatic rings. The molecule has 9 heteroatoms. The van der Waals surface area contributed by atoms with Crippen molar-refractivity contribution in [2.75, 3.05) is 11.9 Å². The van der Waals surface area contributed by atoms with Gasteiger partial charge in [-0.05, 0) is 37.3 Å². The molecule has 1 aromatic heterocycles. The Morgan fingerprint density at radius 3 is 2.90 bits per heavy atom. The van der Waals surface area contributed by atoms with E-state index in [0.717, 1.165) is 0 Å². The highest BCUT2D eigenvalue weighted by Crippen LogP contribution is 2.36. The normalized spacial score (nSPS) is 15.9. The number of nitrogens with one attached hydrogen (secondary N) is 1. The highest BCUT2D eigenvalue weighted by Gasteiger charge is 2.29. The van der Waals surface area contributed by atoms with Crippen LogP contribution in [0.3, 0.4) is 0 Å². The number of ether oxygens (including phenoxy) is 2. The van der Waals surface area contributed by atoms with Gasteiger partial charge in [-0.25, -0.2) is 0 Å². The molecule has 2 atom stereocenters. The first-order chi connectivity index (χ1) is 15.0. The van der Waals surface area contributed by atoms with Gasteiger partial charge in [0.15, 0.2) is 28.6 Å². The molecule has 1 N–H and O–H groups in total. The molecule has 31 heavy (non-hydrogen) atoms. The monoisotopic (exact) mass is 456 g/mol. The third kappa shape index (κ3) is 4.86. The van der Waals surface area contributed by atoms with Crippen molar-refractivity contribution in [3.8, 4) is 11.5 Å². The van der Waals surface area contributed by atoms with Gasteiger partial charge in [0.25, 0.3) is 0 Å². The van der Waals surface area contributed by atoms with Gasteiger partial charge in [-0.15, -0.1) is 16.8 Å². The fraction of sp³-hybridized carbons (Fsp3) is 0.227. The van der Waals surface area contributed by atoms with E-state index in [0.29, 0.717) is 46.3 Å². The molecule has 0 saturated carbocycles. The molecule has 1 aliphatic rings. The SMILES string of the molecule is C=CCn1c(S[C@H](C)C(=O)Nc2cccc(Cl)c2)nnc1[C@@H]1COc2ccccc2O1. The number of halogens is 1. The van der Waals surface area contributed by atoms with E-state index in [1.165, 1.54) is 11.8 Å². The Bertz CT molecular complexity index is 1100. The average Bonchev–Trinajstić information content (AvgIpc) is 3.16. The molecule has 2 aromatic carbocycles. The van der Waals surface area contributed by atoms with Crippen molar-refractivity contribution in [3.63, 3.8) is 0 Å². The number of benzene rings is 2. The Balaban J connectivity index is 1.49. The summed E-state index contributed by atoms with van der Waals surface area (Å²) in [6, 6.07) is 14.5. The summed E-state index contributed by atoms with van der Waals surface area (Å²) in [4.78, 5) is 12.6. The van der Waals surface area contributed by atoms with Crippen molar-refractivity contribution in [1.82, 2.24) is 14.8 Å². The van der Waals surface area contributed by atoms with E-state index < -0.39 is 11.4 Å². The molecule has 7 nitrogen and oxygen atoms in total. The minimum absolute atomic E-state index is 0.159. The molecule has 1 aliphatic heterocycles. The number of fused-ring (bicyclic) bond motifs is 1. The van der Waals surface area contributed by atoms with Crippen molar-refractivity contribution < 1.29 is 14.3 Å². The molecule has 4 rings (SSSR count). The summed E-state index contributed by atoms with van der Waals surface area (Å²) in [5.41, 5.74) is 0.643. The lowest BCUT2D eigenvalue weighted by Crippen LogP contribution is -2.25. The summed E-state index contributed by atoms with van der Waals surface area (Å²) >= 11 is 7.30.